The van der Waals surface area contributed by atoms with Crippen molar-refractivity contribution < 1.29 is 4.79 Å². The SMILES string of the molecule is CC(=O)Nc1nc2c(s1)-c1c(c(C3CC3)nn1-c1ccc(N)cc1Cl)CC2. The van der Waals surface area contributed by atoms with E-state index in [0.29, 0.717) is 21.8 Å². The van der Waals surface area contributed by atoms with E-state index >= 15 is 0 Å². The molecule has 3 N–H and O–H groups in total. The van der Waals surface area contributed by atoms with Crippen LogP contribution in [0.25, 0.3) is 16.3 Å². The lowest BCUT2D eigenvalue weighted by atomic mass is 9.96. The van der Waals surface area contributed by atoms with Crippen molar-refractivity contribution in [2.75, 3.05) is 11.1 Å². The van der Waals surface area contributed by atoms with E-state index in [2.05, 4.69) is 10.3 Å². The molecule has 1 amide bonds. The molecule has 0 atom stereocenters. The third kappa shape index (κ3) is 2.82. The van der Waals surface area contributed by atoms with Gasteiger partial charge >= 0.3 is 0 Å². The number of halogens is 1. The Morgan fingerprint density at radius 1 is 1.37 bits per heavy atom. The highest BCUT2D eigenvalue weighted by atomic mass is 35.5. The predicted molar refractivity (Wildman–Crippen MR) is 108 cm³/mol. The van der Waals surface area contributed by atoms with Crippen molar-refractivity contribution in [2.24, 2.45) is 0 Å². The normalized spacial score (nSPS) is 15.3. The number of hydrogen-bond acceptors (Lipinski definition) is 5. The molecule has 1 aromatic carbocycles. The number of carbonyl (C=O) groups excluding carboxylic acids is 1. The van der Waals surface area contributed by atoms with Gasteiger partial charge in [0.05, 0.1) is 32.7 Å². The number of nitrogens with zero attached hydrogens (tertiary/aromatic N) is 3. The highest BCUT2D eigenvalue weighted by molar-refractivity contribution is 7.19. The van der Waals surface area contributed by atoms with Crippen LogP contribution in [0.1, 0.15) is 42.6 Å². The van der Waals surface area contributed by atoms with Crippen molar-refractivity contribution in [1.29, 1.82) is 0 Å². The quantitative estimate of drug-likeness (QED) is 0.647. The summed E-state index contributed by atoms with van der Waals surface area (Å²) in [4.78, 5) is 17.1. The number of nitrogen functional groups attached to an aromatic ring is 1. The Hall–Kier alpha value is -2.38. The van der Waals surface area contributed by atoms with Crippen LogP contribution in [0.3, 0.4) is 0 Å². The molecule has 2 aromatic heterocycles. The topological polar surface area (TPSA) is 85.8 Å². The van der Waals surface area contributed by atoms with Crippen molar-refractivity contribution in [2.45, 2.75) is 38.5 Å². The molecule has 138 valence electrons. The first-order chi connectivity index (χ1) is 13.0. The van der Waals surface area contributed by atoms with Crippen molar-refractivity contribution in [3.05, 3.63) is 40.2 Å². The Morgan fingerprint density at radius 3 is 2.89 bits per heavy atom. The minimum Gasteiger partial charge on any atom is -0.399 e. The predicted octanol–water partition coefficient (Wildman–Crippen LogP) is 4.17. The minimum atomic E-state index is -0.116. The summed E-state index contributed by atoms with van der Waals surface area (Å²) in [6, 6.07) is 5.50. The largest absolute Gasteiger partial charge is 0.399 e. The van der Waals surface area contributed by atoms with Gasteiger partial charge in [0, 0.05) is 24.1 Å². The Balaban J connectivity index is 1.72. The standard InChI is InChI=1S/C19H18ClN5OS/c1-9(26)22-19-23-14-6-5-12-16(10-2-3-10)24-25(17(12)18(14)27-19)15-7-4-11(21)8-13(15)20/h4,7-8,10H,2-3,5-6,21H2,1H3,(H,22,23,26). The van der Waals surface area contributed by atoms with Crippen molar-refractivity contribution >= 4 is 39.7 Å². The number of anilines is 2. The molecular formula is C19H18ClN5OS. The van der Waals surface area contributed by atoms with Crippen LogP contribution < -0.4 is 11.1 Å². The van der Waals surface area contributed by atoms with Gasteiger partial charge in [-0.2, -0.15) is 5.10 Å². The van der Waals surface area contributed by atoms with Gasteiger partial charge in [0.1, 0.15) is 0 Å². The van der Waals surface area contributed by atoms with E-state index < -0.39 is 0 Å². The highest BCUT2D eigenvalue weighted by Crippen LogP contribution is 2.48. The molecule has 0 spiro atoms. The first-order valence-electron chi connectivity index (χ1n) is 8.96. The molecule has 2 aliphatic rings. The van der Waals surface area contributed by atoms with Gasteiger partial charge in [0.2, 0.25) is 5.91 Å². The number of thiazole rings is 1. The second-order valence-corrected chi connectivity index (χ2v) is 8.49. The lowest BCUT2D eigenvalue weighted by Crippen LogP contribution is -2.07. The zero-order chi connectivity index (χ0) is 18.7. The van der Waals surface area contributed by atoms with Gasteiger partial charge in [-0.25, -0.2) is 9.67 Å². The summed E-state index contributed by atoms with van der Waals surface area (Å²) in [5, 5.41) is 8.98. The van der Waals surface area contributed by atoms with Crippen LogP contribution in [0.15, 0.2) is 18.2 Å². The number of amides is 1. The van der Waals surface area contributed by atoms with Crippen molar-refractivity contribution in [1.82, 2.24) is 14.8 Å². The molecule has 0 saturated heterocycles. The van der Waals surface area contributed by atoms with E-state index in [1.54, 1.807) is 6.07 Å². The molecule has 8 heteroatoms. The minimum absolute atomic E-state index is 0.116. The van der Waals surface area contributed by atoms with Gasteiger partial charge in [-0.3, -0.25) is 4.79 Å². The number of fused-ring (bicyclic) bond motifs is 3. The maximum Gasteiger partial charge on any atom is 0.223 e. The molecule has 2 heterocycles. The number of hydrogen-bond donors (Lipinski definition) is 2. The van der Waals surface area contributed by atoms with Gasteiger partial charge in [-0.05, 0) is 43.9 Å². The summed E-state index contributed by atoms with van der Waals surface area (Å²) in [5.74, 6) is 0.423. The van der Waals surface area contributed by atoms with Crippen LogP contribution in [-0.2, 0) is 17.6 Å². The van der Waals surface area contributed by atoms with E-state index in [-0.39, 0.29) is 5.91 Å². The number of aromatic nitrogens is 3. The number of nitrogens with one attached hydrogen (secondary N) is 1. The van der Waals surface area contributed by atoms with Crippen LogP contribution in [0.4, 0.5) is 10.8 Å². The molecule has 27 heavy (non-hydrogen) atoms. The number of rotatable bonds is 3. The molecule has 1 saturated carbocycles. The third-order valence-corrected chi connectivity index (χ3v) is 6.31. The van der Waals surface area contributed by atoms with Gasteiger partial charge < -0.3 is 11.1 Å². The molecule has 3 aromatic rings. The lowest BCUT2D eigenvalue weighted by Gasteiger charge is -2.15. The van der Waals surface area contributed by atoms with E-state index in [4.69, 9.17) is 22.4 Å². The number of nitrogens with two attached hydrogens (primary N) is 1. The number of benzene rings is 1. The number of carbonyl (C=O) groups is 1. The van der Waals surface area contributed by atoms with Crippen LogP contribution in [0.5, 0.6) is 0 Å². The van der Waals surface area contributed by atoms with Gasteiger partial charge in [-0.1, -0.05) is 22.9 Å². The summed E-state index contributed by atoms with van der Waals surface area (Å²) in [7, 11) is 0. The molecule has 0 bridgehead atoms. The monoisotopic (exact) mass is 399 g/mol. The molecule has 1 fully saturated rings. The number of aryl methyl sites for hydroxylation is 1. The van der Waals surface area contributed by atoms with Crippen LogP contribution in [0, 0.1) is 0 Å². The van der Waals surface area contributed by atoms with Crippen LogP contribution in [-0.4, -0.2) is 20.7 Å². The smallest absolute Gasteiger partial charge is 0.223 e. The average Bonchev–Trinajstić information content (AvgIpc) is 3.25. The summed E-state index contributed by atoms with van der Waals surface area (Å²) in [6.07, 6.45) is 4.14. The van der Waals surface area contributed by atoms with Crippen LogP contribution in [0.2, 0.25) is 5.02 Å². The Bertz CT molecular complexity index is 1080. The lowest BCUT2D eigenvalue weighted by molar-refractivity contribution is -0.114. The maximum atomic E-state index is 11.4. The second kappa shape index (κ2) is 6.07. The zero-order valence-corrected chi connectivity index (χ0v) is 16.3. The van der Waals surface area contributed by atoms with E-state index in [1.807, 2.05) is 16.8 Å². The molecule has 0 radical (unpaired) electrons. The Labute approximate surface area is 165 Å². The maximum absolute atomic E-state index is 11.4. The van der Waals surface area contributed by atoms with Crippen molar-refractivity contribution in [3.8, 4) is 16.3 Å². The third-order valence-electron chi connectivity index (χ3n) is 4.99. The molecule has 5 rings (SSSR count). The average molecular weight is 400 g/mol. The second-order valence-electron chi connectivity index (χ2n) is 7.09. The summed E-state index contributed by atoms with van der Waals surface area (Å²) in [6.45, 7) is 1.50. The fraction of sp³-hybridized carbons (Fsp3) is 0.316. The fourth-order valence-corrected chi connectivity index (χ4v) is 5.04. The Kier molecular flexibility index (Phi) is 3.77. The first-order valence-corrected chi connectivity index (χ1v) is 10.2. The van der Waals surface area contributed by atoms with Gasteiger partial charge in [-0.15, -0.1) is 0 Å². The van der Waals surface area contributed by atoms with Gasteiger partial charge in [0.15, 0.2) is 5.13 Å². The summed E-state index contributed by atoms with van der Waals surface area (Å²) < 4.78 is 1.94. The van der Waals surface area contributed by atoms with Gasteiger partial charge in [0.25, 0.3) is 0 Å². The van der Waals surface area contributed by atoms with E-state index in [0.717, 1.165) is 34.8 Å². The zero-order valence-electron chi connectivity index (χ0n) is 14.8. The van der Waals surface area contributed by atoms with Crippen LogP contribution >= 0.6 is 22.9 Å². The van der Waals surface area contributed by atoms with Crippen molar-refractivity contribution in [3.63, 3.8) is 0 Å². The molecule has 0 unspecified atom stereocenters. The fourth-order valence-electron chi connectivity index (χ4n) is 3.65. The highest BCUT2D eigenvalue weighted by Gasteiger charge is 2.36. The summed E-state index contributed by atoms with van der Waals surface area (Å²) >= 11 is 8.00. The molecule has 6 nitrogen and oxygen atoms in total. The summed E-state index contributed by atoms with van der Waals surface area (Å²) in [5.41, 5.74) is 11.8. The Morgan fingerprint density at radius 2 is 2.19 bits per heavy atom. The van der Waals surface area contributed by atoms with E-state index in [1.165, 1.54) is 42.4 Å². The molecule has 0 aliphatic heterocycles. The first kappa shape index (κ1) is 16.8. The van der Waals surface area contributed by atoms with E-state index in [9.17, 15) is 4.79 Å². The molecular weight excluding hydrogens is 382 g/mol. The molecule has 2 aliphatic carbocycles.